The molecular weight excluding hydrogens is 344 g/mol. The van der Waals surface area contributed by atoms with Gasteiger partial charge in [0, 0.05) is 17.5 Å². The lowest BCUT2D eigenvalue weighted by molar-refractivity contribution is -0.121. The van der Waals surface area contributed by atoms with Crippen LogP contribution in [-0.4, -0.2) is 24.0 Å². The van der Waals surface area contributed by atoms with E-state index in [0.717, 1.165) is 40.7 Å². The zero-order valence-corrected chi connectivity index (χ0v) is 16.6. The fourth-order valence-corrected chi connectivity index (χ4v) is 3.95. The molecule has 2 aromatic rings. The molecule has 4 nitrogen and oxygen atoms in total. The molecule has 1 aromatic heterocycles. The third-order valence-electron chi connectivity index (χ3n) is 4.80. The SMILES string of the molecule is CCCCCCCCCN1C(=O)COc2ccc(-c3csc(C)n3)cc21. The first-order chi connectivity index (χ1) is 12.7. The van der Waals surface area contributed by atoms with Crippen molar-refractivity contribution in [1.82, 2.24) is 4.98 Å². The molecule has 5 heteroatoms. The van der Waals surface area contributed by atoms with Crippen LogP contribution in [0.1, 0.15) is 56.9 Å². The van der Waals surface area contributed by atoms with Gasteiger partial charge in [-0.2, -0.15) is 0 Å². The number of nitrogens with zero attached hydrogens (tertiary/aromatic N) is 2. The lowest BCUT2D eigenvalue weighted by Crippen LogP contribution is -2.39. The minimum absolute atomic E-state index is 0.0510. The maximum atomic E-state index is 12.4. The Morgan fingerprint density at radius 1 is 1.15 bits per heavy atom. The monoisotopic (exact) mass is 372 g/mol. The molecule has 26 heavy (non-hydrogen) atoms. The number of amides is 1. The van der Waals surface area contributed by atoms with Crippen LogP contribution in [0.25, 0.3) is 11.3 Å². The number of hydrogen-bond acceptors (Lipinski definition) is 4. The third kappa shape index (κ3) is 4.64. The van der Waals surface area contributed by atoms with Crippen LogP contribution < -0.4 is 9.64 Å². The topological polar surface area (TPSA) is 42.4 Å². The van der Waals surface area contributed by atoms with Crippen molar-refractivity contribution in [3.05, 3.63) is 28.6 Å². The molecular formula is C21H28N2O2S. The number of hydrogen-bond donors (Lipinski definition) is 0. The van der Waals surface area contributed by atoms with Crippen molar-refractivity contribution >= 4 is 22.9 Å². The van der Waals surface area contributed by atoms with Crippen LogP contribution >= 0.6 is 11.3 Å². The van der Waals surface area contributed by atoms with Crippen molar-refractivity contribution < 1.29 is 9.53 Å². The summed E-state index contributed by atoms with van der Waals surface area (Å²) in [6.07, 6.45) is 8.70. The number of anilines is 1. The highest BCUT2D eigenvalue weighted by molar-refractivity contribution is 7.09. The molecule has 0 aliphatic carbocycles. The number of fused-ring (bicyclic) bond motifs is 1. The van der Waals surface area contributed by atoms with Crippen molar-refractivity contribution in [3.8, 4) is 17.0 Å². The third-order valence-corrected chi connectivity index (χ3v) is 5.58. The highest BCUT2D eigenvalue weighted by Crippen LogP contribution is 2.36. The normalized spacial score (nSPS) is 13.6. The maximum absolute atomic E-state index is 12.4. The first kappa shape index (κ1) is 18.9. The van der Waals surface area contributed by atoms with Gasteiger partial charge in [0.2, 0.25) is 0 Å². The van der Waals surface area contributed by atoms with Gasteiger partial charge < -0.3 is 9.64 Å². The van der Waals surface area contributed by atoms with Gasteiger partial charge in [0.25, 0.3) is 5.91 Å². The molecule has 140 valence electrons. The van der Waals surface area contributed by atoms with Gasteiger partial charge in [-0.15, -0.1) is 11.3 Å². The summed E-state index contributed by atoms with van der Waals surface area (Å²) >= 11 is 1.64. The summed E-state index contributed by atoms with van der Waals surface area (Å²) in [5.41, 5.74) is 2.88. The Morgan fingerprint density at radius 3 is 2.65 bits per heavy atom. The number of benzene rings is 1. The van der Waals surface area contributed by atoms with Crippen molar-refractivity contribution in [2.45, 2.75) is 58.8 Å². The Morgan fingerprint density at radius 2 is 1.92 bits per heavy atom. The number of aryl methyl sites for hydroxylation is 1. The van der Waals surface area contributed by atoms with E-state index < -0.39 is 0 Å². The fraction of sp³-hybridized carbons (Fsp3) is 0.524. The molecule has 0 fully saturated rings. The molecule has 3 rings (SSSR count). The number of thiazole rings is 1. The molecule has 1 amide bonds. The quantitative estimate of drug-likeness (QED) is 0.539. The second-order valence-corrected chi connectivity index (χ2v) is 7.95. The van der Waals surface area contributed by atoms with E-state index in [-0.39, 0.29) is 12.5 Å². The minimum Gasteiger partial charge on any atom is -0.482 e. The molecule has 0 radical (unpaired) electrons. The molecule has 0 saturated carbocycles. The van der Waals surface area contributed by atoms with Gasteiger partial charge in [-0.3, -0.25) is 4.79 Å². The van der Waals surface area contributed by atoms with Crippen LogP contribution in [0.15, 0.2) is 23.6 Å². The Hall–Kier alpha value is -1.88. The first-order valence-corrected chi connectivity index (χ1v) is 10.6. The maximum Gasteiger partial charge on any atom is 0.265 e. The highest BCUT2D eigenvalue weighted by Gasteiger charge is 2.25. The van der Waals surface area contributed by atoms with E-state index in [1.807, 2.05) is 30.0 Å². The number of carbonyl (C=O) groups is 1. The van der Waals surface area contributed by atoms with E-state index in [0.29, 0.717) is 0 Å². The molecule has 1 aromatic carbocycles. The molecule has 2 heterocycles. The van der Waals surface area contributed by atoms with Gasteiger partial charge in [-0.1, -0.05) is 45.4 Å². The summed E-state index contributed by atoms with van der Waals surface area (Å²) in [5.74, 6) is 0.846. The molecule has 0 unspecified atom stereocenters. The second-order valence-electron chi connectivity index (χ2n) is 6.89. The Bertz CT molecular complexity index is 741. The van der Waals surface area contributed by atoms with E-state index >= 15 is 0 Å². The molecule has 0 bridgehead atoms. The number of ether oxygens (including phenoxy) is 1. The van der Waals surface area contributed by atoms with E-state index in [1.165, 1.54) is 38.5 Å². The highest BCUT2D eigenvalue weighted by atomic mass is 32.1. The van der Waals surface area contributed by atoms with Gasteiger partial charge in [0.05, 0.1) is 16.4 Å². The summed E-state index contributed by atoms with van der Waals surface area (Å²) in [6.45, 7) is 5.15. The summed E-state index contributed by atoms with van der Waals surface area (Å²) in [4.78, 5) is 18.9. The number of aromatic nitrogens is 1. The van der Waals surface area contributed by atoms with Crippen molar-refractivity contribution in [2.24, 2.45) is 0 Å². The second kappa shape index (κ2) is 9.17. The number of unbranched alkanes of at least 4 members (excludes halogenated alkanes) is 6. The van der Waals surface area contributed by atoms with Crippen LogP contribution in [0.5, 0.6) is 5.75 Å². The van der Waals surface area contributed by atoms with Crippen LogP contribution in [0, 0.1) is 6.92 Å². The Balaban J connectivity index is 1.65. The smallest absolute Gasteiger partial charge is 0.265 e. The van der Waals surface area contributed by atoms with Crippen LogP contribution in [0.3, 0.4) is 0 Å². The fourth-order valence-electron chi connectivity index (χ4n) is 3.33. The number of carbonyl (C=O) groups excluding carboxylic acids is 1. The summed E-state index contributed by atoms with van der Waals surface area (Å²) in [5, 5.41) is 3.11. The van der Waals surface area contributed by atoms with Gasteiger partial charge in [0.15, 0.2) is 6.61 Å². The zero-order valence-electron chi connectivity index (χ0n) is 15.8. The summed E-state index contributed by atoms with van der Waals surface area (Å²) in [7, 11) is 0. The standard InChI is InChI=1S/C21H28N2O2S/c1-3-4-5-6-7-8-9-12-23-19-13-17(18-15-26-16(2)22-18)10-11-20(19)25-14-21(23)24/h10-11,13,15H,3-9,12,14H2,1-2H3. The summed E-state index contributed by atoms with van der Waals surface area (Å²) < 4.78 is 5.62. The molecule has 1 aliphatic rings. The first-order valence-electron chi connectivity index (χ1n) is 9.68. The Labute approximate surface area is 160 Å². The lowest BCUT2D eigenvalue weighted by atomic mass is 10.1. The predicted molar refractivity (Wildman–Crippen MR) is 108 cm³/mol. The van der Waals surface area contributed by atoms with Crippen molar-refractivity contribution in [2.75, 3.05) is 18.1 Å². The molecule has 0 spiro atoms. The van der Waals surface area contributed by atoms with Gasteiger partial charge in [-0.05, 0) is 31.5 Å². The number of rotatable bonds is 9. The van der Waals surface area contributed by atoms with E-state index in [1.54, 1.807) is 11.3 Å². The van der Waals surface area contributed by atoms with E-state index in [9.17, 15) is 4.79 Å². The molecule has 1 aliphatic heterocycles. The van der Waals surface area contributed by atoms with Crippen LogP contribution in [0.2, 0.25) is 0 Å². The zero-order chi connectivity index (χ0) is 18.4. The summed E-state index contributed by atoms with van der Waals surface area (Å²) in [6, 6.07) is 6.03. The van der Waals surface area contributed by atoms with Gasteiger partial charge >= 0.3 is 0 Å². The van der Waals surface area contributed by atoms with E-state index in [4.69, 9.17) is 4.74 Å². The lowest BCUT2D eigenvalue weighted by Gasteiger charge is -2.29. The average molecular weight is 373 g/mol. The molecule has 0 atom stereocenters. The van der Waals surface area contributed by atoms with Crippen molar-refractivity contribution in [3.63, 3.8) is 0 Å². The van der Waals surface area contributed by atoms with Gasteiger partial charge in [0.1, 0.15) is 5.75 Å². The predicted octanol–water partition coefficient (Wildman–Crippen LogP) is 5.59. The van der Waals surface area contributed by atoms with E-state index in [2.05, 4.69) is 17.3 Å². The Kier molecular flexibility index (Phi) is 6.67. The average Bonchev–Trinajstić information content (AvgIpc) is 3.08. The van der Waals surface area contributed by atoms with Gasteiger partial charge in [-0.25, -0.2) is 4.98 Å². The van der Waals surface area contributed by atoms with Crippen molar-refractivity contribution in [1.29, 1.82) is 0 Å². The largest absolute Gasteiger partial charge is 0.482 e. The molecule has 0 saturated heterocycles. The van der Waals surface area contributed by atoms with Crippen LogP contribution in [-0.2, 0) is 4.79 Å². The van der Waals surface area contributed by atoms with Crippen LogP contribution in [0.4, 0.5) is 5.69 Å². The molecule has 0 N–H and O–H groups in total. The minimum atomic E-state index is 0.0510.